The normalized spacial score (nSPS) is 29.6. The van der Waals surface area contributed by atoms with Gasteiger partial charge < -0.3 is 5.32 Å². The summed E-state index contributed by atoms with van der Waals surface area (Å²) in [5.41, 5.74) is 0. The Morgan fingerprint density at radius 2 is 1.71 bits per heavy atom. The van der Waals surface area contributed by atoms with Gasteiger partial charge in [-0.1, -0.05) is 19.3 Å². The van der Waals surface area contributed by atoms with Crippen molar-refractivity contribution in [1.29, 1.82) is 0 Å². The molecule has 2 aliphatic rings. The molecule has 2 heteroatoms. The van der Waals surface area contributed by atoms with Crippen LogP contribution in [0.2, 0.25) is 0 Å². The Kier molecular flexibility index (Phi) is 4.65. The minimum absolute atomic E-state index is 0.976. The van der Waals surface area contributed by atoms with Crippen molar-refractivity contribution in [1.82, 2.24) is 5.32 Å². The van der Waals surface area contributed by atoms with Gasteiger partial charge in [0.15, 0.2) is 0 Å². The second kappa shape index (κ2) is 6.02. The molecular weight excluding hydrogens is 190 g/mol. The smallest absolute Gasteiger partial charge is 0.00122 e. The van der Waals surface area contributed by atoms with E-state index >= 15 is 0 Å². The molecule has 1 saturated carbocycles. The third-order valence-electron chi connectivity index (χ3n) is 3.61. The summed E-state index contributed by atoms with van der Waals surface area (Å²) in [7, 11) is 0. The van der Waals surface area contributed by atoms with Crippen LogP contribution in [0.3, 0.4) is 0 Å². The molecule has 1 heterocycles. The van der Waals surface area contributed by atoms with Gasteiger partial charge in [-0.15, -0.1) is 0 Å². The minimum atomic E-state index is 0.976. The molecule has 0 spiro atoms. The molecule has 1 aliphatic heterocycles. The summed E-state index contributed by atoms with van der Waals surface area (Å²) in [6.45, 7) is 2.57. The summed E-state index contributed by atoms with van der Waals surface area (Å²) in [4.78, 5) is 0. The van der Waals surface area contributed by atoms with Crippen LogP contribution < -0.4 is 5.32 Å². The van der Waals surface area contributed by atoms with Gasteiger partial charge in [0.2, 0.25) is 0 Å². The lowest BCUT2D eigenvalue weighted by atomic mass is 9.89. The first kappa shape index (κ1) is 10.8. The van der Waals surface area contributed by atoms with E-state index in [4.69, 9.17) is 0 Å². The summed E-state index contributed by atoms with van der Waals surface area (Å²) in [6.07, 6.45) is 8.84. The molecule has 0 amide bonds. The molecule has 1 nitrogen and oxygen atoms in total. The van der Waals surface area contributed by atoms with Crippen molar-refractivity contribution in [3.63, 3.8) is 0 Å². The Morgan fingerprint density at radius 1 is 0.929 bits per heavy atom. The zero-order valence-corrected chi connectivity index (χ0v) is 9.95. The number of hydrogen-bond donors (Lipinski definition) is 1. The lowest BCUT2D eigenvalue weighted by molar-refractivity contribution is 0.335. The van der Waals surface area contributed by atoms with Gasteiger partial charge in [0, 0.05) is 0 Å². The quantitative estimate of drug-likeness (QED) is 0.770. The van der Waals surface area contributed by atoms with Crippen LogP contribution in [-0.4, -0.2) is 24.6 Å². The predicted octanol–water partition coefficient (Wildman–Crippen LogP) is 2.91. The van der Waals surface area contributed by atoms with Gasteiger partial charge >= 0.3 is 0 Å². The molecule has 0 aromatic rings. The number of hydrogen-bond acceptors (Lipinski definition) is 2. The Hall–Kier alpha value is 0.310. The fourth-order valence-electron chi connectivity index (χ4n) is 2.63. The van der Waals surface area contributed by atoms with Gasteiger partial charge in [-0.2, -0.15) is 11.8 Å². The topological polar surface area (TPSA) is 12.0 Å². The van der Waals surface area contributed by atoms with Crippen LogP contribution in [0, 0.1) is 11.8 Å². The minimum Gasteiger partial charge on any atom is -0.316 e. The van der Waals surface area contributed by atoms with Crippen LogP contribution >= 0.6 is 11.8 Å². The first-order chi connectivity index (χ1) is 6.95. The van der Waals surface area contributed by atoms with Crippen LogP contribution in [0.5, 0.6) is 0 Å². The monoisotopic (exact) mass is 213 g/mol. The Labute approximate surface area is 92.4 Å². The van der Waals surface area contributed by atoms with Gasteiger partial charge in [0.1, 0.15) is 0 Å². The van der Waals surface area contributed by atoms with Gasteiger partial charge in [-0.3, -0.25) is 0 Å². The van der Waals surface area contributed by atoms with E-state index in [1.807, 2.05) is 0 Å². The highest BCUT2D eigenvalue weighted by atomic mass is 32.2. The third kappa shape index (κ3) is 3.47. The number of thioether (sulfide) groups is 1. The summed E-state index contributed by atoms with van der Waals surface area (Å²) in [6, 6.07) is 0. The van der Waals surface area contributed by atoms with E-state index in [0.717, 1.165) is 11.8 Å². The van der Waals surface area contributed by atoms with E-state index in [1.165, 1.54) is 63.1 Å². The average molecular weight is 213 g/mol. The van der Waals surface area contributed by atoms with Crippen molar-refractivity contribution in [2.75, 3.05) is 24.6 Å². The molecule has 0 aromatic heterocycles. The van der Waals surface area contributed by atoms with Gasteiger partial charge in [-0.25, -0.2) is 0 Å². The second-order valence-electron chi connectivity index (χ2n) is 4.89. The van der Waals surface area contributed by atoms with Crippen molar-refractivity contribution in [3.05, 3.63) is 0 Å². The number of rotatable bonds is 4. The highest BCUT2D eigenvalue weighted by Crippen LogP contribution is 2.24. The molecule has 82 valence electrons. The summed E-state index contributed by atoms with van der Waals surface area (Å²) < 4.78 is 0. The Morgan fingerprint density at radius 3 is 2.43 bits per heavy atom. The van der Waals surface area contributed by atoms with Crippen LogP contribution in [0.1, 0.15) is 38.5 Å². The summed E-state index contributed by atoms with van der Waals surface area (Å²) >= 11 is 2.13. The molecular formula is C12H23NS. The van der Waals surface area contributed by atoms with E-state index < -0.39 is 0 Å². The number of nitrogens with one attached hydrogen (secondary N) is 1. The van der Waals surface area contributed by atoms with Gasteiger partial charge in [-0.05, 0) is 55.7 Å². The van der Waals surface area contributed by atoms with Crippen LogP contribution in [0.4, 0.5) is 0 Å². The molecule has 0 radical (unpaired) electrons. The zero-order chi connectivity index (χ0) is 9.64. The lowest BCUT2D eigenvalue weighted by Crippen LogP contribution is -2.29. The maximum absolute atomic E-state index is 3.68. The molecule has 1 N–H and O–H groups in total. The summed E-state index contributed by atoms with van der Waals surface area (Å²) in [5, 5.41) is 3.68. The second-order valence-corrected chi connectivity index (χ2v) is 6.04. The highest BCUT2D eigenvalue weighted by Gasteiger charge is 2.16. The van der Waals surface area contributed by atoms with E-state index in [1.54, 1.807) is 0 Å². The molecule has 1 atom stereocenters. The van der Waals surface area contributed by atoms with E-state index in [2.05, 4.69) is 17.1 Å². The third-order valence-corrected chi connectivity index (χ3v) is 4.85. The SMILES string of the molecule is C1CCC(CNCC2CCSC2)CC1. The lowest BCUT2D eigenvalue weighted by Gasteiger charge is -2.22. The van der Waals surface area contributed by atoms with E-state index in [9.17, 15) is 0 Å². The van der Waals surface area contributed by atoms with Crippen molar-refractivity contribution in [2.45, 2.75) is 38.5 Å². The Bertz CT molecular complexity index is 148. The molecule has 1 unspecified atom stereocenters. The molecule has 2 fully saturated rings. The molecule has 1 aliphatic carbocycles. The first-order valence-electron chi connectivity index (χ1n) is 6.23. The molecule has 0 aromatic carbocycles. The zero-order valence-electron chi connectivity index (χ0n) is 9.13. The predicted molar refractivity (Wildman–Crippen MR) is 64.9 cm³/mol. The average Bonchev–Trinajstić information content (AvgIpc) is 2.72. The maximum Gasteiger partial charge on any atom is -0.00122 e. The summed E-state index contributed by atoms with van der Waals surface area (Å²) in [5.74, 6) is 4.77. The van der Waals surface area contributed by atoms with Crippen molar-refractivity contribution >= 4 is 11.8 Å². The van der Waals surface area contributed by atoms with Crippen molar-refractivity contribution in [2.24, 2.45) is 11.8 Å². The molecule has 0 bridgehead atoms. The van der Waals surface area contributed by atoms with Gasteiger partial charge in [0.25, 0.3) is 0 Å². The van der Waals surface area contributed by atoms with Crippen molar-refractivity contribution < 1.29 is 0 Å². The van der Waals surface area contributed by atoms with Crippen LogP contribution in [0.25, 0.3) is 0 Å². The Balaban J connectivity index is 1.52. The standard InChI is InChI=1S/C12H23NS/c1-2-4-11(5-3-1)8-13-9-12-6-7-14-10-12/h11-13H,1-10H2. The van der Waals surface area contributed by atoms with Gasteiger partial charge in [0.05, 0.1) is 0 Å². The maximum atomic E-state index is 3.68. The fourth-order valence-corrected chi connectivity index (χ4v) is 3.91. The van der Waals surface area contributed by atoms with Crippen LogP contribution in [0.15, 0.2) is 0 Å². The molecule has 14 heavy (non-hydrogen) atoms. The van der Waals surface area contributed by atoms with Crippen LogP contribution in [-0.2, 0) is 0 Å². The van der Waals surface area contributed by atoms with E-state index in [0.29, 0.717) is 0 Å². The molecule has 2 rings (SSSR count). The molecule has 1 saturated heterocycles. The highest BCUT2D eigenvalue weighted by molar-refractivity contribution is 7.99. The fraction of sp³-hybridized carbons (Fsp3) is 1.00. The first-order valence-corrected chi connectivity index (χ1v) is 7.39. The van der Waals surface area contributed by atoms with E-state index in [-0.39, 0.29) is 0 Å². The van der Waals surface area contributed by atoms with Crippen molar-refractivity contribution in [3.8, 4) is 0 Å². The largest absolute Gasteiger partial charge is 0.316 e.